The maximum Gasteiger partial charge on any atom is 0.326 e. The third-order valence-electron chi connectivity index (χ3n) is 4.80. The van der Waals surface area contributed by atoms with Crippen LogP contribution in [0.5, 0.6) is 0 Å². The summed E-state index contributed by atoms with van der Waals surface area (Å²) >= 11 is 0. The van der Waals surface area contributed by atoms with Crippen LogP contribution in [-0.4, -0.2) is 37.6 Å². The predicted octanol–water partition coefficient (Wildman–Crippen LogP) is 3.96. The van der Waals surface area contributed by atoms with Crippen molar-refractivity contribution in [1.29, 1.82) is 0 Å². The quantitative estimate of drug-likeness (QED) is 0.480. The number of rotatable bonds is 9. The molecule has 0 radical (unpaired) electrons. The lowest BCUT2D eigenvalue weighted by Gasteiger charge is -2.22. The number of ether oxygens (including phenoxy) is 2. The molecular formula is C26H25NO5. The van der Waals surface area contributed by atoms with Gasteiger partial charge in [-0.15, -0.1) is 0 Å². The highest BCUT2D eigenvalue weighted by molar-refractivity contribution is 5.99. The number of anilines is 1. The molecule has 0 spiro atoms. The molecule has 3 rings (SSSR count). The first-order valence-electron chi connectivity index (χ1n) is 10.4. The Balaban J connectivity index is 1.76. The molecule has 3 aromatic rings. The van der Waals surface area contributed by atoms with Crippen LogP contribution < -0.4 is 4.90 Å². The lowest BCUT2D eigenvalue weighted by Crippen LogP contribution is -2.39. The van der Waals surface area contributed by atoms with Gasteiger partial charge in [-0.3, -0.25) is 19.3 Å². The van der Waals surface area contributed by atoms with Crippen molar-refractivity contribution in [1.82, 2.24) is 0 Å². The second kappa shape index (κ2) is 11.5. The molecule has 0 bridgehead atoms. The van der Waals surface area contributed by atoms with Crippen LogP contribution in [0.4, 0.5) is 5.69 Å². The minimum Gasteiger partial charge on any atom is -0.465 e. The van der Waals surface area contributed by atoms with Gasteiger partial charge in [-0.25, -0.2) is 0 Å². The van der Waals surface area contributed by atoms with Gasteiger partial charge in [0.05, 0.1) is 6.61 Å². The van der Waals surface area contributed by atoms with Gasteiger partial charge in [0.2, 0.25) is 0 Å². The SMILES string of the molecule is CCOC(=O)CN(C(=O)COC(=O)C(c1ccccc1)c1ccccc1)c1ccccc1. The number of carbonyl (C=O) groups excluding carboxylic acids is 3. The van der Waals surface area contributed by atoms with Crippen LogP contribution in [0.15, 0.2) is 91.0 Å². The molecule has 0 aliphatic carbocycles. The Kier molecular flexibility index (Phi) is 8.15. The predicted molar refractivity (Wildman–Crippen MR) is 121 cm³/mol. The smallest absolute Gasteiger partial charge is 0.326 e. The number of esters is 2. The Morgan fingerprint density at radius 1 is 0.750 bits per heavy atom. The fraction of sp³-hybridized carbons (Fsp3) is 0.192. The molecule has 1 amide bonds. The topological polar surface area (TPSA) is 72.9 Å². The molecular weight excluding hydrogens is 406 g/mol. The van der Waals surface area contributed by atoms with Gasteiger partial charge in [-0.1, -0.05) is 78.9 Å². The number of amides is 1. The maximum atomic E-state index is 13.0. The van der Waals surface area contributed by atoms with Gasteiger partial charge >= 0.3 is 11.9 Å². The van der Waals surface area contributed by atoms with Crippen molar-refractivity contribution in [3.8, 4) is 0 Å². The first-order valence-corrected chi connectivity index (χ1v) is 10.4. The third kappa shape index (κ3) is 6.04. The Hall–Kier alpha value is -3.93. The first-order chi connectivity index (χ1) is 15.6. The summed E-state index contributed by atoms with van der Waals surface area (Å²) in [4.78, 5) is 39.3. The van der Waals surface area contributed by atoms with Crippen molar-refractivity contribution in [2.24, 2.45) is 0 Å². The number of nitrogens with zero attached hydrogens (tertiary/aromatic N) is 1. The van der Waals surface area contributed by atoms with E-state index < -0.39 is 30.4 Å². The molecule has 0 aliphatic heterocycles. The molecule has 0 N–H and O–H groups in total. The minimum absolute atomic E-state index is 0.209. The summed E-state index contributed by atoms with van der Waals surface area (Å²) in [6.07, 6.45) is 0. The molecule has 32 heavy (non-hydrogen) atoms. The molecule has 3 aromatic carbocycles. The zero-order valence-electron chi connectivity index (χ0n) is 17.8. The second-order valence-electron chi connectivity index (χ2n) is 6.98. The number of hydrogen-bond acceptors (Lipinski definition) is 5. The highest BCUT2D eigenvalue weighted by Gasteiger charge is 2.27. The summed E-state index contributed by atoms with van der Waals surface area (Å²) in [6, 6.07) is 27.2. The van der Waals surface area contributed by atoms with Crippen molar-refractivity contribution in [3.05, 3.63) is 102 Å². The monoisotopic (exact) mass is 431 g/mol. The molecule has 0 saturated heterocycles. The van der Waals surface area contributed by atoms with Crippen LogP contribution in [0.25, 0.3) is 0 Å². The molecule has 0 aliphatic rings. The Bertz CT molecular complexity index is 982. The summed E-state index contributed by atoms with van der Waals surface area (Å²) in [6.45, 7) is 1.14. The van der Waals surface area contributed by atoms with Crippen LogP contribution in [-0.2, 0) is 23.9 Å². The van der Waals surface area contributed by atoms with E-state index in [0.717, 1.165) is 11.1 Å². The van der Waals surface area contributed by atoms with Crippen molar-refractivity contribution >= 4 is 23.5 Å². The third-order valence-corrected chi connectivity index (χ3v) is 4.80. The standard InChI is InChI=1S/C26H25NO5/c1-2-31-24(29)18-27(22-16-10-5-11-17-22)23(28)19-32-26(30)25(20-12-6-3-7-13-20)21-14-8-4-9-15-21/h3-17,25H,2,18-19H2,1H3. The van der Waals surface area contributed by atoms with Gasteiger partial charge in [0.15, 0.2) is 6.61 Å². The molecule has 6 heteroatoms. The molecule has 6 nitrogen and oxygen atoms in total. The molecule has 0 aromatic heterocycles. The summed E-state index contributed by atoms with van der Waals surface area (Å²) in [5, 5.41) is 0. The zero-order valence-corrected chi connectivity index (χ0v) is 17.8. The molecule has 0 saturated carbocycles. The van der Waals surface area contributed by atoms with E-state index in [1.165, 1.54) is 4.90 Å². The van der Waals surface area contributed by atoms with Gasteiger partial charge in [0.25, 0.3) is 5.91 Å². The van der Waals surface area contributed by atoms with E-state index in [1.807, 2.05) is 60.7 Å². The normalized spacial score (nSPS) is 10.4. The summed E-state index contributed by atoms with van der Waals surface area (Å²) in [7, 11) is 0. The van der Waals surface area contributed by atoms with Gasteiger partial charge < -0.3 is 9.47 Å². The van der Waals surface area contributed by atoms with Gasteiger partial charge in [-0.05, 0) is 30.2 Å². The van der Waals surface area contributed by atoms with E-state index in [-0.39, 0.29) is 13.2 Å². The summed E-state index contributed by atoms with van der Waals surface area (Å²) in [5.41, 5.74) is 2.05. The number of benzene rings is 3. The fourth-order valence-electron chi connectivity index (χ4n) is 3.32. The Morgan fingerprint density at radius 3 is 1.75 bits per heavy atom. The molecule has 0 atom stereocenters. The van der Waals surface area contributed by atoms with Gasteiger partial charge in [0.1, 0.15) is 12.5 Å². The van der Waals surface area contributed by atoms with Crippen molar-refractivity contribution < 1.29 is 23.9 Å². The Labute approximate surface area is 187 Å². The van der Waals surface area contributed by atoms with Gasteiger partial charge in [-0.2, -0.15) is 0 Å². The van der Waals surface area contributed by atoms with Crippen molar-refractivity contribution in [2.75, 3.05) is 24.7 Å². The van der Waals surface area contributed by atoms with E-state index in [9.17, 15) is 14.4 Å². The number of hydrogen-bond donors (Lipinski definition) is 0. The molecule has 0 unspecified atom stereocenters. The maximum absolute atomic E-state index is 13.0. The fourth-order valence-corrected chi connectivity index (χ4v) is 3.32. The highest BCUT2D eigenvalue weighted by atomic mass is 16.5. The lowest BCUT2D eigenvalue weighted by atomic mass is 9.91. The lowest BCUT2D eigenvalue weighted by molar-refractivity contribution is -0.148. The Morgan fingerprint density at radius 2 is 1.25 bits per heavy atom. The van der Waals surface area contributed by atoms with Crippen LogP contribution in [0.1, 0.15) is 24.0 Å². The van der Waals surface area contributed by atoms with Crippen molar-refractivity contribution in [3.63, 3.8) is 0 Å². The van der Waals surface area contributed by atoms with Gasteiger partial charge in [0, 0.05) is 5.69 Å². The average Bonchev–Trinajstić information content (AvgIpc) is 2.83. The number of para-hydroxylation sites is 1. The zero-order chi connectivity index (χ0) is 22.8. The van der Waals surface area contributed by atoms with E-state index in [1.54, 1.807) is 37.3 Å². The van der Waals surface area contributed by atoms with E-state index >= 15 is 0 Å². The summed E-state index contributed by atoms with van der Waals surface area (Å²) < 4.78 is 10.4. The molecule has 0 heterocycles. The van der Waals surface area contributed by atoms with Crippen LogP contribution >= 0.6 is 0 Å². The molecule has 0 fully saturated rings. The second-order valence-corrected chi connectivity index (χ2v) is 6.98. The van der Waals surface area contributed by atoms with Crippen molar-refractivity contribution in [2.45, 2.75) is 12.8 Å². The summed E-state index contributed by atoms with van der Waals surface area (Å²) in [5.74, 6) is -2.26. The minimum atomic E-state index is -0.666. The van der Waals surface area contributed by atoms with E-state index in [0.29, 0.717) is 5.69 Å². The van der Waals surface area contributed by atoms with Crippen LogP contribution in [0, 0.1) is 0 Å². The van der Waals surface area contributed by atoms with E-state index in [4.69, 9.17) is 9.47 Å². The molecule has 164 valence electrons. The largest absolute Gasteiger partial charge is 0.465 e. The average molecular weight is 431 g/mol. The first kappa shape index (κ1) is 22.7. The van der Waals surface area contributed by atoms with E-state index in [2.05, 4.69) is 0 Å². The highest BCUT2D eigenvalue weighted by Crippen LogP contribution is 2.26. The number of carbonyl (C=O) groups is 3. The van der Waals surface area contributed by atoms with Crippen LogP contribution in [0.3, 0.4) is 0 Å². The van der Waals surface area contributed by atoms with Crippen LogP contribution in [0.2, 0.25) is 0 Å².